The van der Waals surface area contributed by atoms with Crippen molar-refractivity contribution in [2.24, 2.45) is 5.92 Å². The van der Waals surface area contributed by atoms with E-state index in [2.05, 4.69) is 0 Å². The molecule has 8 nitrogen and oxygen atoms in total. The highest BCUT2D eigenvalue weighted by molar-refractivity contribution is 7.89. The normalized spacial score (nSPS) is 19.7. The smallest absolute Gasteiger partial charge is 0.348 e. The van der Waals surface area contributed by atoms with Crippen LogP contribution in [0.3, 0.4) is 0 Å². The molecular weight excluding hydrogens is 439 g/mol. The fourth-order valence-corrected chi connectivity index (χ4v) is 5.49. The number of carbonyl (C=O) groups excluding carboxylic acids is 2. The van der Waals surface area contributed by atoms with Crippen LogP contribution in [0.2, 0.25) is 0 Å². The molecule has 4 rings (SSSR count). The highest BCUT2D eigenvalue weighted by Crippen LogP contribution is 2.36. The molecular formula is C22H23FN2O6S. The van der Waals surface area contributed by atoms with E-state index in [-0.39, 0.29) is 30.4 Å². The summed E-state index contributed by atoms with van der Waals surface area (Å²) in [5, 5.41) is 0. The Morgan fingerprint density at radius 1 is 1.06 bits per heavy atom. The molecule has 0 aromatic heterocycles. The number of nitrogens with zero attached hydrogens (tertiary/aromatic N) is 2. The van der Waals surface area contributed by atoms with Crippen LogP contribution in [0.15, 0.2) is 53.4 Å². The molecule has 2 aliphatic rings. The van der Waals surface area contributed by atoms with Crippen LogP contribution in [-0.4, -0.2) is 57.4 Å². The first-order chi connectivity index (χ1) is 15.3. The molecule has 2 aliphatic heterocycles. The zero-order valence-corrected chi connectivity index (χ0v) is 18.3. The lowest BCUT2D eigenvalue weighted by molar-refractivity contribution is -0.148. The Bertz CT molecular complexity index is 1110. The van der Waals surface area contributed by atoms with E-state index in [4.69, 9.17) is 9.47 Å². The van der Waals surface area contributed by atoms with Gasteiger partial charge in [0.15, 0.2) is 0 Å². The maximum atomic E-state index is 13.3. The Hall–Kier alpha value is -2.98. The molecule has 32 heavy (non-hydrogen) atoms. The van der Waals surface area contributed by atoms with Crippen molar-refractivity contribution in [3.63, 3.8) is 0 Å². The van der Waals surface area contributed by atoms with E-state index in [1.807, 2.05) is 0 Å². The standard InChI is InChI=1S/C22H23FN2O6S/c1-30-22(27)20-14-25(18-4-2-3-5-19(18)31-20)21(26)15-10-12-24(13-11-15)32(28,29)17-8-6-16(23)7-9-17/h2-9,15,20H,10-14H2,1H3. The fourth-order valence-electron chi connectivity index (χ4n) is 4.02. The van der Waals surface area contributed by atoms with E-state index in [0.717, 1.165) is 12.1 Å². The Kier molecular flexibility index (Phi) is 6.16. The molecule has 1 saturated heterocycles. The third kappa shape index (κ3) is 4.20. The molecule has 0 aliphatic carbocycles. The lowest BCUT2D eigenvalue weighted by Crippen LogP contribution is -2.51. The van der Waals surface area contributed by atoms with Crippen molar-refractivity contribution in [2.75, 3.05) is 31.6 Å². The van der Waals surface area contributed by atoms with Crippen molar-refractivity contribution in [3.05, 3.63) is 54.3 Å². The molecule has 10 heteroatoms. The predicted octanol–water partition coefficient (Wildman–Crippen LogP) is 2.19. The Morgan fingerprint density at radius 3 is 2.38 bits per heavy atom. The third-order valence-corrected chi connectivity index (χ3v) is 7.67. The van der Waals surface area contributed by atoms with Crippen LogP contribution in [0.1, 0.15) is 12.8 Å². The van der Waals surface area contributed by atoms with Crippen molar-refractivity contribution >= 4 is 27.6 Å². The number of anilines is 1. The van der Waals surface area contributed by atoms with Gasteiger partial charge >= 0.3 is 5.97 Å². The maximum Gasteiger partial charge on any atom is 0.348 e. The van der Waals surface area contributed by atoms with Gasteiger partial charge < -0.3 is 14.4 Å². The molecule has 1 fully saturated rings. The van der Waals surface area contributed by atoms with Gasteiger partial charge in [0.25, 0.3) is 0 Å². The van der Waals surface area contributed by atoms with Crippen LogP contribution in [0.5, 0.6) is 5.75 Å². The minimum Gasteiger partial charge on any atom is -0.475 e. The van der Waals surface area contributed by atoms with Gasteiger partial charge in [0.05, 0.1) is 24.2 Å². The van der Waals surface area contributed by atoms with Crippen LogP contribution < -0.4 is 9.64 Å². The number of para-hydroxylation sites is 2. The molecule has 1 atom stereocenters. The molecule has 1 unspecified atom stereocenters. The van der Waals surface area contributed by atoms with Crippen molar-refractivity contribution in [1.29, 1.82) is 0 Å². The zero-order valence-electron chi connectivity index (χ0n) is 17.4. The number of sulfonamides is 1. The first kappa shape index (κ1) is 22.2. The number of methoxy groups -OCH3 is 1. The Balaban J connectivity index is 1.48. The summed E-state index contributed by atoms with van der Waals surface area (Å²) in [5.74, 6) is -1.26. The van der Waals surface area contributed by atoms with Gasteiger partial charge in [-0.1, -0.05) is 12.1 Å². The number of fused-ring (bicyclic) bond motifs is 1. The van der Waals surface area contributed by atoms with Gasteiger partial charge in [-0.3, -0.25) is 4.79 Å². The molecule has 0 N–H and O–H groups in total. The summed E-state index contributed by atoms with van der Waals surface area (Å²) >= 11 is 0. The van der Waals surface area contributed by atoms with Gasteiger partial charge in [0.1, 0.15) is 11.6 Å². The first-order valence-corrected chi connectivity index (χ1v) is 11.7. The average molecular weight is 462 g/mol. The molecule has 170 valence electrons. The van der Waals surface area contributed by atoms with E-state index in [1.165, 1.54) is 28.4 Å². The van der Waals surface area contributed by atoms with Crippen LogP contribution in [0, 0.1) is 11.7 Å². The second-order valence-corrected chi connectivity index (χ2v) is 9.62. The number of ether oxygens (including phenoxy) is 2. The quantitative estimate of drug-likeness (QED) is 0.647. The van der Waals surface area contributed by atoms with Crippen molar-refractivity contribution in [3.8, 4) is 5.75 Å². The lowest BCUT2D eigenvalue weighted by Gasteiger charge is -2.37. The van der Waals surface area contributed by atoms with Crippen LogP contribution >= 0.6 is 0 Å². The van der Waals surface area contributed by atoms with Gasteiger partial charge in [-0.15, -0.1) is 0 Å². The number of benzene rings is 2. The van der Waals surface area contributed by atoms with Gasteiger partial charge in [-0.2, -0.15) is 4.31 Å². The number of amides is 1. The second kappa shape index (κ2) is 8.87. The van der Waals surface area contributed by atoms with E-state index >= 15 is 0 Å². The van der Waals surface area contributed by atoms with E-state index < -0.39 is 33.8 Å². The van der Waals surface area contributed by atoms with E-state index in [9.17, 15) is 22.4 Å². The number of carbonyl (C=O) groups is 2. The number of piperidine rings is 1. The second-order valence-electron chi connectivity index (χ2n) is 7.68. The summed E-state index contributed by atoms with van der Waals surface area (Å²) in [7, 11) is -2.50. The number of halogens is 1. The molecule has 1 amide bonds. The number of hydrogen-bond donors (Lipinski definition) is 0. The molecule has 2 aromatic rings. The average Bonchev–Trinajstić information content (AvgIpc) is 2.82. The summed E-state index contributed by atoms with van der Waals surface area (Å²) in [6, 6.07) is 11.6. The fraction of sp³-hybridized carbons (Fsp3) is 0.364. The van der Waals surface area contributed by atoms with E-state index in [0.29, 0.717) is 24.3 Å². The summed E-state index contributed by atoms with van der Waals surface area (Å²) in [4.78, 5) is 26.9. The minimum absolute atomic E-state index is 0.0201. The van der Waals surface area contributed by atoms with Crippen molar-refractivity contribution in [2.45, 2.75) is 23.8 Å². The van der Waals surface area contributed by atoms with Crippen molar-refractivity contribution < 1.29 is 31.9 Å². The first-order valence-electron chi connectivity index (χ1n) is 10.2. The number of rotatable bonds is 4. The lowest BCUT2D eigenvalue weighted by atomic mass is 9.95. The number of hydrogen-bond acceptors (Lipinski definition) is 6. The largest absolute Gasteiger partial charge is 0.475 e. The SMILES string of the molecule is COC(=O)C1CN(C(=O)C2CCN(S(=O)(=O)c3ccc(F)cc3)CC2)c2ccccc2O1. The van der Waals surface area contributed by atoms with Crippen molar-refractivity contribution in [1.82, 2.24) is 4.31 Å². The molecule has 0 bridgehead atoms. The van der Waals surface area contributed by atoms with Crippen LogP contribution in [-0.2, 0) is 24.3 Å². The molecule has 0 saturated carbocycles. The Morgan fingerprint density at radius 2 is 1.72 bits per heavy atom. The molecule has 2 heterocycles. The summed E-state index contributed by atoms with van der Waals surface area (Å²) in [6.07, 6.45) is -0.263. The minimum atomic E-state index is -3.76. The van der Waals surface area contributed by atoms with Gasteiger partial charge in [0.2, 0.25) is 22.0 Å². The van der Waals surface area contributed by atoms with Gasteiger partial charge in [-0.05, 0) is 49.2 Å². The van der Waals surface area contributed by atoms with Crippen LogP contribution in [0.25, 0.3) is 0 Å². The summed E-state index contributed by atoms with van der Waals surface area (Å²) < 4.78 is 50.6. The predicted molar refractivity (Wildman–Crippen MR) is 113 cm³/mol. The summed E-state index contributed by atoms with van der Waals surface area (Å²) in [5.41, 5.74) is 0.569. The third-order valence-electron chi connectivity index (χ3n) is 5.76. The molecule has 0 radical (unpaired) electrons. The number of esters is 1. The van der Waals surface area contributed by atoms with Gasteiger partial charge in [-0.25, -0.2) is 17.6 Å². The van der Waals surface area contributed by atoms with Gasteiger partial charge in [0, 0.05) is 19.0 Å². The highest BCUT2D eigenvalue weighted by atomic mass is 32.2. The molecule has 2 aromatic carbocycles. The topological polar surface area (TPSA) is 93.2 Å². The monoisotopic (exact) mass is 462 g/mol. The zero-order chi connectivity index (χ0) is 22.9. The molecule has 0 spiro atoms. The highest BCUT2D eigenvalue weighted by Gasteiger charge is 2.39. The maximum absolute atomic E-state index is 13.3. The summed E-state index contributed by atoms with van der Waals surface area (Å²) in [6.45, 7) is 0.363. The van der Waals surface area contributed by atoms with Crippen LogP contribution in [0.4, 0.5) is 10.1 Å². The Labute approximate surface area is 185 Å². The van der Waals surface area contributed by atoms with E-state index in [1.54, 1.807) is 24.3 Å².